The lowest BCUT2D eigenvalue weighted by atomic mass is 10.0. The number of rotatable bonds is 2. The lowest BCUT2D eigenvalue weighted by molar-refractivity contribution is 0.102. The molecule has 0 saturated carbocycles. The minimum absolute atomic E-state index is 0.0335. The van der Waals surface area contributed by atoms with Gasteiger partial charge in [0, 0.05) is 5.56 Å². The van der Waals surface area contributed by atoms with E-state index in [9.17, 15) is 9.90 Å². The number of carbonyl (C=O) groups excluding carboxylic acids is 1. The minimum Gasteiger partial charge on any atom is -0.507 e. The molecular weight excluding hydrogens is 232 g/mol. The third-order valence-electron chi connectivity index (χ3n) is 1.93. The zero-order valence-electron chi connectivity index (χ0n) is 7.60. The van der Waals surface area contributed by atoms with Crippen LogP contribution in [0.25, 0.3) is 0 Å². The number of benzene rings is 1. The normalized spacial score (nSPS) is 10.1. The van der Waals surface area contributed by atoms with E-state index in [0.29, 0.717) is 10.9 Å². The molecular formula is C10H11BrO2. The number of aryl methyl sites for hydroxylation is 2. The Bertz CT molecular complexity index is 322. The predicted octanol–water partition coefficient (Wildman–Crippen LogP) is 2.59. The number of alkyl halides is 1. The van der Waals surface area contributed by atoms with Gasteiger partial charge in [-0.15, -0.1) is 0 Å². The SMILES string of the molecule is Cc1cc(C(=O)CBr)cc(C)c1O. The molecule has 0 amide bonds. The lowest BCUT2D eigenvalue weighted by Crippen LogP contribution is -2.00. The van der Waals surface area contributed by atoms with E-state index in [0.717, 1.165) is 11.1 Å². The summed E-state index contributed by atoms with van der Waals surface area (Å²) >= 11 is 3.11. The van der Waals surface area contributed by atoms with Crippen LogP contribution in [0.1, 0.15) is 21.5 Å². The van der Waals surface area contributed by atoms with E-state index < -0.39 is 0 Å². The summed E-state index contributed by atoms with van der Waals surface area (Å²) in [6.07, 6.45) is 0. The van der Waals surface area contributed by atoms with E-state index in [1.54, 1.807) is 26.0 Å². The van der Waals surface area contributed by atoms with Gasteiger partial charge in [0.1, 0.15) is 5.75 Å². The van der Waals surface area contributed by atoms with Crippen molar-refractivity contribution in [2.75, 3.05) is 5.33 Å². The van der Waals surface area contributed by atoms with Gasteiger partial charge in [0.2, 0.25) is 0 Å². The third-order valence-corrected chi connectivity index (χ3v) is 2.44. The summed E-state index contributed by atoms with van der Waals surface area (Å²) in [6, 6.07) is 3.40. The molecule has 1 N–H and O–H groups in total. The summed E-state index contributed by atoms with van der Waals surface area (Å²) in [5.74, 6) is 0.303. The highest BCUT2D eigenvalue weighted by atomic mass is 79.9. The van der Waals surface area contributed by atoms with Crippen molar-refractivity contribution in [2.24, 2.45) is 0 Å². The van der Waals surface area contributed by atoms with E-state index >= 15 is 0 Å². The highest BCUT2D eigenvalue weighted by molar-refractivity contribution is 9.09. The van der Waals surface area contributed by atoms with E-state index in [4.69, 9.17) is 0 Å². The number of phenols is 1. The molecule has 13 heavy (non-hydrogen) atoms. The quantitative estimate of drug-likeness (QED) is 0.640. The molecule has 2 nitrogen and oxygen atoms in total. The molecule has 70 valence electrons. The maximum absolute atomic E-state index is 11.3. The average Bonchev–Trinajstić information content (AvgIpc) is 2.12. The molecule has 0 saturated heterocycles. The molecule has 0 spiro atoms. The number of Topliss-reactive ketones (excluding diaryl/α,β-unsaturated/α-hetero) is 1. The molecule has 0 radical (unpaired) electrons. The zero-order chi connectivity index (χ0) is 10.0. The van der Waals surface area contributed by atoms with Gasteiger partial charge in [-0.2, -0.15) is 0 Å². The maximum atomic E-state index is 11.3. The summed E-state index contributed by atoms with van der Waals surface area (Å²) < 4.78 is 0. The Morgan fingerprint density at radius 1 is 1.38 bits per heavy atom. The Kier molecular flexibility index (Phi) is 3.09. The first-order valence-electron chi connectivity index (χ1n) is 3.95. The Morgan fingerprint density at radius 2 is 1.85 bits per heavy atom. The van der Waals surface area contributed by atoms with Gasteiger partial charge in [0.05, 0.1) is 5.33 Å². The second-order valence-corrected chi connectivity index (χ2v) is 3.58. The van der Waals surface area contributed by atoms with Crippen LogP contribution in [0.3, 0.4) is 0 Å². The summed E-state index contributed by atoms with van der Waals surface area (Å²) in [7, 11) is 0. The van der Waals surface area contributed by atoms with E-state index in [-0.39, 0.29) is 11.5 Å². The first kappa shape index (κ1) is 10.3. The van der Waals surface area contributed by atoms with Crippen LogP contribution in [0.2, 0.25) is 0 Å². The van der Waals surface area contributed by atoms with Crippen molar-refractivity contribution in [3.05, 3.63) is 28.8 Å². The predicted molar refractivity (Wildman–Crippen MR) is 55.7 cm³/mol. The molecule has 0 heterocycles. The Labute approximate surface area is 85.7 Å². The van der Waals surface area contributed by atoms with Gasteiger partial charge in [0.15, 0.2) is 5.78 Å². The van der Waals surface area contributed by atoms with Crippen LogP contribution in [0, 0.1) is 13.8 Å². The molecule has 1 aromatic rings. The summed E-state index contributed by atoms with van der Waals surface area (Å²) in [5, 5.41) is 9.78. The zero-order valence-corrected chi connectivity index (χ0v) is 9.18. The summed E-state index contributed by atoms with van der Waals surface area (Å²) in [4.78, 5) is 11.3. The number of hydrogen-bond acceptors (Lipinski definition) is 2. The first-order valence-corrected chi connectivity index (χ1v) is 5.07. The van der Waals surface area contributed by atoms with Crippen molar-refractivity contribution in [3.8, 4) is 5.75 Å². The van der Waals surface area contributed by atoms with Crippen LogP contribution in [0.15, 0.2) is 12.1 Å². The van der Waals surface area contributed by atoms with Crippen molar-refractivity contribution in [1.82, 2.24) is 0 Å². The standard InChI is InChI=1S/C10H11BrO2/c1-6-3-8(9(12)5-11)4-7(2)10(6)13/h3-4,13H,5H2,1-2H3. The molecule has 1 aromatic carbocycles. The van der Waals surface area contributed by atoms with Crippen molar-refractivity contribution in [2.45, 2.75) is 13.8 Å². The molecule has 0 aliphatic carbocycles. The second-order valence-electron chi connectivity index (χ2n) is 3.02. The maximum Gasteiger partial charge on any atom is 0.173 e. The lowest BCUT2D eigenvalue weighted by Gasteiger charge is -2.05. The molecule has 0 fully saturated rings. The van der Waals surface area contributed by atoms with Gasteiger partial charge in [0.25, 0.3) is 0 Å². The fraction of sp³-hybridized carbons (Fsp3) is 0.300. The molecule has 1 rings (SSSR count). The number of ketones is 1. The van der Waals surface area contributed by atoms with Crippen LogP contribution >= 0.6 is 15.9 Å². The fourth-order valence-electron chi connectivity index (χ4n) is 1.19. The Hall–Kier alpha value is -0.830. The number of carbonyl (C=O) groups is 1. The fourth-order valence-corrected chi connectivity index (χ4v) is 1.52. The van der Waals surface area contributed by atoms with Crippen LogP contribution in [-0.2, 0) is 0 Å². The van der Waals surface area contributed by atoms with Gasteiger partial charge in [-0.1, -0.05) is 15.9 Å². The third kappa shape index (κ3) is 2.10. The van der Waals surface area contributed by atoms with Crippen LogP contribution in [0.4, 0.5) is 0 Å². The smallest absolute Gasteiger partial charge is 0.173 e. The van der Waals surface area contributed by atoms with Gasteiger partial charge >= 0.3 is 0 Å². The van der Waals surface area contributed by atoms with E-state index in [1.807, 2.05) is 0 Å². The van der Waals surface area contributed by atoms with Crippen LogP contribution < -0.4 is 0 Å². The second kappa shape index (κ2) is 3.92. The number of aromatic hydroxyl groups is 1. The van der Waals surface area contributed by atoms with Crippen LogP contribution in [0.5, 0.6) is 5.75 Å². The molecule has 0 aliphatic rings. The van der Waals surface area contributed by atoms with Crippen molar-refractivity contribution in [1.29, 1.82) is 0 Å². The highest BCUT2D eigenvalue weighted by Gasteiger charge is 2.08. The summed E-state index contributed by atoms with van der Waals surface area (Å²) in [6.45, 7) is 3.57. The van der Waals surface area contributed by atoms with Gasteiger partial charge in [-0.25, -0.2) is 0 Å². The van der Waals surface area contributed by atoms with Gasteiger partial charge in [-0.05, 0) is 37.1 Å². The molecule has 0 aliphatic heterocycles. The van der Waals surface area contributed by atoms with Crippen molar-refractivity contribution >= 4 is 21.7 Å². The Balaban J connectivity index is 3.20. The molecule has 3 heteroatoms. The van der Waals surface area contributed by atoms with Crippen molar-refractivity contribution in [3.63, 3.8) is 0 Å². The number of phenolic OH excluding ortho intramolecular Hbond substituents is 1. The Morgan fingerprint density at radius 3 is 2.23 bits per heavy atom. The topological polar surface area (TPSA) is 37.3 Å². The van der Waals surface area contributed by atoms with E-state index in [2.05, 4.69) is 15.9 Å². The van der Waals surface area contributed by atoms with Gasteiger partial charge in [-0.3, -0.25) is 4.79 Å². The summed E-state index contributed by atoms with van der Waals surface area (Å²) in [5.41, 5.74) is 2.12. The number of halogens is 1. The average molecular weight is 243 g/mol. The van der Waals surface area contributed by atoms with E-state index in [1.165, 1.54) is 0 Å². The largest absolute Gasteiger partial charge is 0.507 e. The van der Waals surface area contributed by atoms with Crippen LogP contribution in [-0.4, -0.2) is 16.2 Å². The highest BCUT2D eigenvalue weighted by Crippen LogP contribution is 2.23. The molecule has 0 bridgehead atoms. The molecule has 0 atom stereocenters. The number of hydrogen-bond donors (Lipinski definition) is 1. The molecule has 0 unspecified atom stereocenters. The van der Waals surface area contributed by atoms with Gasteiger partial charge < -0.3 is 5.11 Å². The minimum atomic E-state index is 0.0335. The molecule has 0 aromatic heterocycles. The monoisotopic (exact) mass is 242 g/mol. The van der Waals surface area contributed by atoms with Crippen molar-refractivity contribution < 1.29 is 9.90 Å². The first-order chi connectivity index (χ1) is 6.06.